The fourth-order valence-corrected chi connectivity index (χ4v) is 2.61. The summed E-state index contributed by atoms with van der Waals surface area (Å²) in [6, 6.07) is 6.49. The molecule has 1 aromatic rings. The molecular weight excluding hydrogens is 274 g/mol. The van der Waals surface area contributed by atoms with E-state index in [0.29, 0.717) is 17.4 Å². The van der Waals surface area contributed by atoms with Crippen molar-refractivity contribution in [1.29, 1.82) is 0 Å². The molecule has 5 nitrogen and oxygen atoms in total. The average molecular weight is 291 g/mol. The van der Waals surface area contributed by atoms with Crippen molar-refractivity contribution in [2.24, 2.45) is 10.9 Å². The second-order valence-corrected chi connectivity index (χ2v) is 5.03. The maximum Gasteiger partial charge on any atom is 0.231 e. The van der Waals surface area contributed by atoms with Gasteiger partial charge in [-0.25, -0.2) is 4.99 Å². The van der Waals surface area contributed by atoms with E-state index in [0.717, 1.165) is 5.56 Å². The lowest BCUT2D eigenvalue weighted by molar-refractivity contribution is -0.123. The predicted molar refractivity (Wildman–Crippen MR) is 81.9 cm³/mol. The first-order valence-electron chi connectivity index (χ1n) is 6.45. The lowest BCUT2D eigenvalue weighted by atomic mass is 9.87. The van der Waals surface area contributed by atoms with Crippen LogP contribution in [-0.2, 0) is 4.79 Å². The van der Waals surface area contributed by atoms with Crippen molar-refractivity contribution in [1.82, 2.24) is 10.6 Å². The highest BCUT2D eigenvalue weighted by atomic mass is 32.1. The average Bonchev–Trinajstić information content (AvgIpc) is 2.37. The third kappa shape index (κ3) is 2.96. The van der Waals surface area contributed by atoms with Gasteiger partial charge in [0.05, 0.1) is 6.04 Å². The van der Waals surface area contributed by atoms with Crippen LogP contribution in [0.2, 0.25) is 0 Å². The zero-order valence-corrected chi connectivity index (χ0v) is 12.2. The lowest BCUT2D eigenvalue weighted by Crippen LogP contribution is -2.47. The second kappa shape index (κ2) is 6.00. The number of phenols is 1. The molecule has 3 N–H and O–H groups in total. The summed E-state index contributed by atoms with van der Waals surface area (Å²) in [5.41, 5.74) is 1.48. The molecule has 0 aliphatic carbocycles. The molecule has 20 heavy (non-hydrogen) atoms. The van der Waals surface area contributed by atoms with Crippen LogP contribution < -0.4 is 10.6 Å². The fraction of sp³-hybridized carbons (Fsp3) is 0.357. The molecule has 0 spiro atoms. The summed E-state index contributed by atoms with van der Waals surface area (Å²) in [7, 11) is 0. The Morgan fingerprint density at radius 1 is 1.55 bits per heavy atom. The number of amides is 1. The first kappa shape index (κ1) is 14.5. The molecule has 1 amide bonds. The van der Waals surface area contributed by atoms with E-state index < -0.39 is 5.92 Å². The molecule has 1 heterocycles. The second-order valence-electron chi connectivity index (χ2n) is 4.65. The monoisotopic (exact) mass is 291 g/mol. The van der Waals surface area contributed by atoms with Crippen LogP contribution in [-0.4, -0.2) is 28.4 Å². The van der Waals surface area contributed by atoms with E-state index in [1.165, 1.54) is 0 Å². The number of phenolic OH excluding ortho intramolecular Hbond substituents is 1. The molecule has 106 valence electrons. The molecule has 6 heteroatoms. The summed E-state index contributed by atoms with van der Waals surface area (Å²) in [5.74, 6) is -0.384. The van der Waals surface area contributed by atoms with Crippen LogP contribution in [0, 0.1) is 5.92 Å². The Morgan fingerprint density at radius 3 is 2.95 bits per heavy atom. The number of hydrogen-bond donors (Lipinski definition) is 3. The number of hydrogen-bond acceptors (Lipinski definition) is 3. The SMILES string of the molecule is CCNC(=O)C1C(C)=NC(=S)NC1c1cccc(O)c1. The minimum Gasteiger partial charge on any atom is -0.508 e. The summed E-state index contributed by atoms with van der Waals surface area (Å²) in [4.78, 5) is 16.4. The molecule has 0 fully saturated rings. The summed E-state index contributed by atoms with van der Waals surface area (Å²) >= 11 is 5.10. The van der Waals surface area contributed by atoms with Gasteiger partial charge in [0.15, 0.2) is 5.11 Å². The normalized spacial score (nSPS) is 21.9. The highest BCUT2D eigenvalue weighted by molar-refractivity contribution is 7.80. The van der Waals surface area contributed by atoms with E-state index in [1.54, 1.807) is 25.1 Å². The van der Waals surface area contributed by atoms with Crippen LogP contribution in [0.4, 0.5) is 0 Å². The van der Waals surface area contributed by atoms with Crippen molar-refractivity contribution >= 4 is 28.9 Å². The summed E-state index contributed by atoms with van der Waals surface area (Å²) in [5, 5.41) is 15.8. The predicted octanol–water partition coefficient (Wildman–Crippen LogP) is 1.53. The molecule has 1 aliphatic rings. The van der Waals surface area contributed by atoms with Crippen molar-refractivity contribution in [3.8, 4) is 5.75 Å². The first-order valence-corrected chi connectivity index (χ1v) is 6.86. The Hall–Kier alpha value is -1.95. The molecule has 2 atom stereocenters. The van der Waals surface area contributed by atoms with Crippen LogP contribution in [0.1, 0.15) is 25.5 Å². The van der Waals surface area contributed by atoms with Crippen LogP contribution >= 0.6 is 12.2 Å². The van der Waals surface area contributed by atoms with Crippen molar-refractivity contribution in [3.63, 3.8) is 0 Å². The standard InChI is InChI=1S/C14H17N3O2S/c1-3-15-13(19)11-8(2)16-14(20)17-12(11)9-5-4-6-10(18)7-9/h4-7,11-12,18H,3H2,1-2H3,(H,15,19)(H,17,20). The number of aromatic hydroxyl groups is 1. The van der Waals surface area contributed by atoms with Gasteiger partial charge in [-0.3, -0.25) is 4.79 Å². The van der Waals surface area contributed by atoms with Gasteiger partial charge in [-0.15, -0.1) is 0 Å². The quantitative estimate of drug-likeness (QED) is 0.739. The van der Waals surface area contributed by atoms with Gasteiger partial charge in [0.25, 0.3) is 0 Å². The van der Waals surface area contributed by atoms with Gasteiger partial charge in [-0.2, -0.15) is 0 Å². The van der Waals surface area contributed by atoms with Gasteiger partial charge in [0.1, 0.15) is 11.7 Å². The number of aliphatic imine (C=N–C) groups is 1. The minimum absolute atomic E-state index is 0.0999. The number of carbonyl (C=O) groups excluding carboxylic acids is 1. The zero-order chi connectivity index (χ0) is 14.7. The number of nitrogens with one attached hydrogen (secondary N) is 2. The fourth-order valence-electron chi connectivity index (χ4n) is 2.34. The molecule has 1 aliphatic heterocycles. The molecule has 0 bridgehead atoms. The highest BCUT2D eigenvalue weighted by Gasteiger charge is 2.35. The van der Waals surface area contributed by atoms with E-state index in [9.17, 15) is 9.90 Å². The van der Waals surface area contributed by atoms with Gasteiger partial charge >= 0.3 is 0 Å². The van der Waals surface area contributed by atoms with Gasteiger partial charge in [0, 0.05) is 12.3 Å². The van der Waals surface area contributed by atoms with Crippen LogP contribution in [0.3, 0.4) is 0 Å². The maximum atomic E-state index is 12.2. The number of rotatable bonds is 3. The number of benzene rings is 1. The van der Waals surface area contributed by atoms with Crippen LogP contribution in [0.25, 0.3) is 0 Å². The Kier molecular flexibility index (Phi) is 4.34. The molecule has 2 rings (SSSR count). The molecular formula is C14H17N3O2S. The molecule has 0 radical (unpaired) electrons. The zero-order valence-electron chi connectivity index (χ0n) is 11.4. The molecule has 1 aromatic carbocycles. The number of thiocarbonyl (C=S) groups is 1. The Bertz CT molecular complexity index is 571. The summed E-state index contributed by atoms with van der Waals surface area (Å²) in [6.07, 6.45) is 0. The van der Waals surface area contributed by atoms with Gasteiger partial charge < -0.3 is 15.7 Å². The van der Waals surface area contributed by atoms with Crippen LogP contribution in [0.5, 0.6) is 5.75 Å². The van der Waals surface area contributed by atoms with E-state index >= 15 is 0 Å². The van der Waals surface area contributed by atoms with E-state index in [1.807, 2.05) is 13.0 Å². The molecule has 0 aromatic heterocycles. The number of carbonyl (C=O) groups is 1. The summed E-state index contributed by atoms with van der Waals surface area (Å²) in [6.45, 7) is 4.22. The topological polar surface area (TPSA) is 73.7 Å². The van der Waals surface area contributed by atoms with Gasteiger partial charge in [-0.1, -0.05) is 12.1 Å². The maximum absolute atomic E-state index is 12.2. The van der Waals surface area contributed by atoms with Crippen molar-refractivity contribution in [3.05, 3.63) is 29.8 Å². The molecule has 0 saturated heterocycles. The van der Waals surface area contributed by atoms with E-state index in [2.05, 4.69) is 15.6 Å². The first-order chi connectivity index (χ1) is 9.52. The third-order valence-electron chi connectivity index (χ3n) is 3.20. The largest absolute Gasteiger partial charge is 0.508 e. The third-order valence-corrected chi connectivity index (χ3v) is 3.41. The Balaban J connectivity index is 2.40. The molecule has 0 saturated carbocycles. The van der Waals surface area contributed by atoms with E-state index in [4.69, 9.17) is 12.2 Å². The smallest absolute Gasteiger partial charge is 0.231 e. The van der Waals surface area contributed by atoms with Crippen molar-refractivity contribution in [2.75, 3.05) is 6.54 Å². The number of nitrogens with zero attached hydrogens (tertiary/aromatic N) is 1. The Labute approximate surface area is 123 Å². The van der Waals surface area contributed by atoms with E-state index in [-0.39, 0.29) is 17.7 Å². The van der Waals surface area contributed by atoms with Crippen molar-refractivity contribution < 1.29 is 9.90 Å². The molecule has 2 unspecified atom stereocenters. The van der Waals surface area contributed by atoms with Crippen molar-refractivity contribution in [2.45, 2.75) is 19.9 Å². The Morgan fingerprint density at radius 2 is 2.30 bits per heavy atom. The van der Waals surface area contributed by atoms with Gasteiger partial charge in [-0.05, 0) is 43.8 Å². The minimum atomic E-state index is -0.441. The highest BCUT2D eigenvalue weighted by Crippen LogP contribution is 2.29. The van der Waals surface area contributed by atoms with Crippen LogP contribution in [0.15, 0.2) is 29.3 Å². The summed E-state index contributed by atoms with van der Waals surface area (Å²) < 4.78 is 0. The van der Waals surface area contributed by atoms with Gasteiger partial charge in [0.2, 0.25) is 5.91 Å². The lowest BCUT2D eigenvalue weighted by Gasteiger charge is -2.31.